The summed E-state index contributed by atoms with van der Waals surface area (Å²) < 4.78 is 0. The van der Waals surface area contributed by atoms with E-state index in [1.807, 2.05) is 6.07 Å². The van der Waals surface area contributed by atoms with Crippen LogP contribution in [-0.4, -0.2) is 29.9 Å². The summed E-state index contributed by atoms with van der Waals surface area (Å²) in [4.78, 5) is 29.1. The molecule has 0 radical (unpaired) electrons. The number of pyridine rings is 1. The zero-order valence-electron chi connectivity index (χ0n) is 12.7. The molecule has 1 aromatic heterocycles. The first-order valence-corrected chi connectivity index (χ1v) is 7.08. The summed E-state index contributed by atoms with van der Waals surface area (Å²) in [6.45, 7) is 2.11. The van der Waals surface area contributed by atoms with E-state index in [4.69, 9.17) is 5.26 Å². The molecule has 0 unspecified atom stereocenters. The van der Waals surface area contributed by atoms with Gasteiger partial charge in [-0.3, -0.25) is 14.6 Å². The maximum Gasteiger partial charge on any atom is 0.252 e. The molecule has 0 saturated heterocycles. The van der Waals surface area contributed by atoms with Gasteiger partial charge < -0.3 is 10.2 Å². The van der Waals surface area contributed by atoms with Gasteiger partial charge in [-0.05, 0) is 36.4 Å². The Morgan fingerprint density at radius 1 is 1.26 bits per heavy atom. The zero-order valence-corrected chi connectivity index (χ0v) is 12.7. The lowest BCUT2D eigenvalue weighted by molar-refractivity contribution is -0.116. The lowest BCUT2D eigenvalue weighted by Gasteiger charge is -2.21. The van der Waals surface area contributed by atoms with E-state index in [1.165, 1.54) is 13.1 Å². The fourth-order valence-electron chi connectivity index (χ4n) is 2.06. The third kappa shape index (κ3) is 4.38. The number of nitriles is 1. The van der Waals surface area contributed by atoms with Crippen LogP contribution in [-0.2, 0) is 4.79 Å². The summed E-state index contributed by atoms with van der Waals surface area (Å²) in [5.41, 5.74) is 1.69. The van der Waals surface area contributed by atoms with Gasteiger partial charge in [0.15, 0.2) is 0 Å². The first kappa shape index (κ1) is 16.2. The Balaban J connectivity index is 1.96. The van der Waals surface area contributed by atoms with Crippen LogP contribution in [0.4, 0.5) is 5.69 Å². The van der Waals surface area contributed by atoms with Crippen molar-refractivity contribution in [3.8, 4) is 6.07 Å². The van der Waals surface area contributed by atoms with Crippen molar-refractivity contribution < 1.29 is 9.59 Å². The molecule has 2 aromatic rings. The molecular weight excluding hydrogens is 292 g/mol. The first-order valence-electron chi connectivity index (χ1n) is 7.08. The van der Waals surface area contributed by atoms with Crippen molar-refractivity contribution in [1.29, 1.82) is 5.26 Å². The number of amides is 2. The largest absolute Gasteiger partial charge is 0.350 e. The average Bonchev–Trinajstić information content (AvgIpc) is 2.59. The highest BCUT2D eigenvalue weighted by atomic mass is 16.2. The van der Waals surface area contributed by atoms with Crippen molar-refractivity contribution in [2.45, 2.75) is 6.92 Å². The van der Waals surface area contributed by atoms with Gasteiger partial charge in [0.25, 0.3) is 5.91 Å². The van der Waals surface area contributed by atoms with E-state index in [0.717, 1.165) is 0 Å². The number of carbonyl (C=O) groups excluding carboxylic acids is 2. The van der Waals surface area contributed by atoms with Gasteiger partial charge in [0.1, 0.15) is 0 Å². The summed E-state index contributed by atoms with van der Waals surface area (Å²) in [6.07, 6.45) is 3.08. The van der Waals surface area contributed by atoms with Gasteiger partial charge in [-0.25, -0.2) is 0 Å². The minimum atomic E-state index is -0.235. The number of nitrogens with zero attached hydrogens (tertiary/aromatic N) is 3. The van der Waals surface area contributed by atoms with E-state index in [0.29, 0.717) is 29.9 Å². The van der Waals surface area contributed by atoms with Gasteiger partial charge in [-0.2, -0.15) is 5.26 Å². The minimum Gasteiger partial charge on any atom is -0.350 e. The van der Waals surface area contributed by atoms with E-state index in [9.17, 15) is 9.59 Å². The molecule has 1 N–H and O–H groups in total. The van der Waals surface area contributed by atoms with Crippen molar-refractivity contribution >= 4 is 17.5 Å². The quantitative estimate of drug-likeness (QED) is 0.911. The molecule has 1 heterocycles. The molecule has 0 fully saturated rings. The molecule has 6 heteroatoms. The topological polar surface area (TPSA) is 86.1 Å². The van der Waals surface area contributed by atoms with Crippen LogP contribution in [0.2, 0.25) is 0 Å². The van der Waals surface area contributed by atoms with Gasteiger partial charge in [-0.1, -0.05) is 0 Å². The smallest absolute Gasteiger partial charge is 0.252 e. The Bertz CT molecular complexity index is 721. The summed E-state index contributed by atoms with van der Waals surface area (Å²) in [6, 6.07) is 12.1. The molecule has 0 aliphatic carbocycles. The Morgan fingerprint density at radius 2 is 2.00 bits per heavy atom. The van der Waals surface area contributed by atoms with Crippen molar-refractivity contribution in [2.75, 3.05) is 18.0 Å². The monoisotopic (exact) mass is 308 g/mol. The molecule has 0 aliphatic rings. The number of hydrogen-bond donors (Lipinski definition) is 1. The molecule has 6 nitrogen and oxygen atoms in total. The molecule has 2 amide bonds. The Morgan fingerprint density at radius 3 is 2.57 bits per heavy atom. The first-order chi connectivity index (χ1) is 11.1. The Hall–Kier alpha value is -3.20. The molecule has 0 saturated carbocycles. The summed E-state index contributed by atoms with van der Waals surface area (Å²) in [5.74, 6) is -0.369. The SMILES string of the molecule is CC(=O)N(CCNC(=O)c1cccnc1)c1ccc(C#N)cc1. The van der Waals surface area contributed by atoms with Crippen LogP contribution in [0.25, 0.3) is 0 Å². The number of aromatic nitrogens is 1. The van der Waals surface area contributed by atoms with Crippen molar-refractivity contribution in [3.63, 3.8) is 0 Å². The number of rotatable bonds is 5. The second-order valence-electron chi connectivity index (χ2n) is 4.83. The molecule has 0 atom stereocenters. The van der Waals surface area contributed by atoms with Crippen molar-refractivity contribution in [1.82, 2.24) is 10.3 Å². The average molecular weight is 308 g/mol. The van der Waals surface area contributed by atoms with E-state index < -0.39 is 0 Å². The van der Waals surface area contributed by atoms with Crippen LogP contribution >= 0.6 is 0 Å². The van der Waals surface area contributed by atoms with Gasteiger partial charge in [0, 0.05) is 38.1 Å². The fourth-order valence-corrected chi connectivity index (χ4v) is 2.06. The van der Waals surface area contributed by atoms with Crippen molar-refractivity contribution in [3.05, 3.63) is 59.9 Å². The third-order valence-electron chi connectivity index (χ3n) is 3.23. The van der Waals surface area contributed by atoms with Crippen LogP contribution in [0.5, 0.6) is 0 Å². The van der Waals surface area contributed by atoms with Gasteiger partial charge in [0.05, 0.1) is 17.2 Å². The highest BCUT2D eigenvalue weighted by Crippen LogP contribution is 2.15. The lowest BCUT2D eigenvalue weighted by atomic mass is 10.2. The number of nitrogens with one attached hydrogen (secondary N) is 1. The number of carbonyl (C=O) groups is 2. The second kappa shape index (κ2) is 7.71. The highest BCUT2D eigenvalue weighted by Gasteiger charge is 2.12. The van der Waals surface area contributed by atoms with Crippen LogP contribution in [0, 0.1) is 11.3 Å². The van der Waals surface area contributed by atoms with E-state index >= 15 is 0 Å². The molecule has 2 rings (SSSR count). The normalized spacial score (nSPS) is 9.74. The minimum absolute atomic E-state index is 0.134. The maximum atomic E-state index is 11.9. The van der Waals surface area contributed by atoms with E-state index in [1.54, 1.807) is 47.5 Å². The Kier molecular flexibility index (Phi) is 5.42. The van der Waals surface area contributed by atoms with Crippen LogP contribution in [0.15, 0.2) is 48.8 Å². The van der Waals surface area contributed by atoms with E-state index in [2.05, 4.69) is 10.3 Å². The van der Waals surface area contributed by atoms with Crippen LogP contribution in [0.3, 0.4) is 0 Å². The fraction of sp³-hybridized carbons (Fsp3) is 0.176. The molecule has 23 heavy (non-hydrogen) atoms. The maximum absolute atomic E-state index is 11.9. The summed E-state index contributed by atoms with van der Waals surface area (Å²) in [7, 11) is 0. The highest BCUT2D eigenvalue weighted by molar-refractivity contribution is 5.94. The number of benzene rings is 1. The van der Waals surface area contributed by atoms with Crippen LogP contribution in [0.1, 0.15) is 22.8 Å². The molecule has 0 spiro atoms. The predicted molar refractivity (Wildman–Crippen MR) is 85.8 cm³/mol. The molecule has 0 bridgehead atoms. The summed E-state index contributed by atoms with van der Waals surface area (Å²) >= 11 is 0. The second-order valence-corrected chi connectivity index (χ2v) is 4.83. The van der Waals surface area contributed by atoms with Gasteiger partial charge in [-0.15, -0.1) is 0 Å². The number of anilines is 1. The number of hydrogen-bond acceptors (Lipinski definition) is 4. The Labute approximate surface area is 134 Å². The van der Waals surface area contributed by atoms with Gasteiger partial charge >= 0.3 is 0 Å². The van der Waals surface area contributed by atoms with Gasteiger partial charge in [0.2, 0.25) is 5.91 Å². The lowest BCUT2D eigenvalue weighted by Crippen LogP contribution is -2.37. The zero-order chi connectivity index (χ0) is 16.7. The van der Waals surface area contributed by atoms with E-state index in [-0.39, 0.29) is 11.8 Å². The molecule has 1 aromatic carbocycles. The van der Waals surface area contributed by atoms with Crippen molar-refractivity contribution in [2.24, 2.45) is 0 Å². The molecular formula is C17H16N4O2. The third-order valence-corrected chi connectivity index (χ3v) is 3.23. The standard InChI is InChI=1S/C17H16N4O2/c1-13(22)21(16-6-4-14(11-18)5-7-16)10-9-20-17(23)15-3-2-8-19-12-15/h2-8,12H,9-10H2,1H3,(H,20,23). The summed E-state index contributed by atoms with van der Waals surface area (Å²) in [5, 5.41) is 11.6. The molecule has 0 aliphatic heterocycles. The molecule has 116 valence electrons. The predicted octanol–water partition coefficient (Wildman–Crippen LogP) is 1.74. The van der Waals surface area contributed by atoms with Crippen LogP contribution < -0.4 is 10.2 Å².